The first kappa shape index (κ1) is 25.5. The van der Waals surface area contributed by atoms with Crippen molar-refractivity contribution in [3.63, 3.8) is 0 Å². The van der Waals surface area contributed by atoms with E-state index in [0.717, 1.165) is 24.0 Å². The minimum atomic E-state index is -0.503. The van der Waals surface area contributed by atoms with Gasteiger partial charge >= 0.3 is 0 Å². The van der Waals surface area contributed by atoms with E-state index in [1.807, 2.05) is 24.3 Å². The maximum Gasteiger partial charge on any atom is 0.271 e. The highest BCUT2D eigenvalue weighted by molar-refractivity contribution is 5.77. The van der Waals surface area contributed by atoms with Gasteiger partial charge in [-0.3, -0.25) is 14.9 Å². The molecule has 0 spiro atoms. The number of nitrogens with one attached hydrogen (secondary N) is 2. The summed E-state index contributed by atoms with van der Waals surface area (Å²) < 4.78 is 6.02. The lowest BCUT2D eigenvalue weighted by Crippen LogP contribution is -2.37. The van der Waals surface area contributed by atoms with E-state index in [-0.39, 0.29) is 30.1 Å². The van der Waals surface area contributed by atoms with Gasteiger partial charge in [0.25, 0.3) is 5.69 Å². The number of phenols is 1. The van der Waals surface area contributed by atoms with Gasteiger partial charge in [-0.1, -0.05) is 51.5 Å². The van der Waals surface area contributed by atoms with E-state index in [0.29, 0.717) is 36.5 Å². The molecule has 0 saturated heterocycles. The molecule has 0 radical (unpaired) electrons. The number of ether oxygens (including phenoxy) is 1. The van der Waals surface area contributed by atoms with Gasteiger partial charge in [0.1, 0.15) is 12.4 Å². The van der Waals surface area contributed by atoms with E-state index in [1.165, 1.54) is 24.6 Å². The number of anilines is 1. The molecule has 0 aliphatic heterocycles. The number of hydrogen-bond acceptors (Lipinski definition) is 6. The van der Waals surface area contributed by atoms with Crippen LogP contribution in [0.5, 0.6) is 5.75 Å². The number of amides is 1. The Morgan fingerprint density at radius 3 is 2.47 bits per heavy atom. The third kappa shape index (κ3) is 7.18. The van der Waals surface area contributed by atoms with Crippen LogP contribution in [0, 0.1) is 27.9 Å². The highest BCUT2D eigenvalue weighted by Gasteiger charge is 2.31. The minimum absolute atomic E-state index is 0.0467. The number of nitro groups is 1. The smallest absolute Gasteiger partial charge is 0.271 e. The van der Waals surface area contributed by atoms with Crippen LogP contribution in [-0.2, 0) is 22.6 Å². The van der Waals surface area contributed by atoms with E-state index in [4.69, 9.17) is 4.74 Å². The van der Waals surface area contributed by atoms with E-state index in [1.54, 1.807) is 0 Å². The predicted octanol–water partition coefficient (Wildman–Crippen LogP) is 5.01. The number of carbonyl (C=O) groups is 1. The Bertz CT molecular complexity index is 977. The molecule has 0 heterocycles. The molecule has 34 heavy (non-hydrogen) atoms. The standard InChI is InChI=1S/C26H35N3O5/c1-17(2)22-10-4-18(3)12-25(22)34-16-26(31)28-15-20-7-5-19(6-8-20)14-27-23-13-21(29(32)33)9-11-24(23)30/h5-9,11,13,17-18,22,25,27,30H,4,10,12,14-16H2,1-3H3,(H,28,31). The molecule has 1 fully saturated rings. The van der Waals surface area contributed by atoms with Gasteiger partial charge in [0.2, 0.25) is 5.91 Å². The van der Waals surface area contributed by atoms with E-state index in [9.17, 15) is 20.0 Å². The first-order chi connectivity index (χ1) is 16.2. The zero-order valence-corrected chi connectivity index (χ0v) is 20.1. The van der Waals surface area contributed by atoms with Gasteiger partial charge in [0, 0.05) is 25.2 Å². The third-order valence-corrected chi connectivity index (χ3v) is 6.58. The van der Waals surface area contributed by atoms with Gasteiger partial charge in [-0.05, 0) is 47.8 Å². The van der Waals surface area contributed by atoms with Gasteiger partial charge in [-0.2, -0.15) is 0 Å². The lowest BCUT2D eigenvalue weighted by Gasteiger charge is -2.37. The SMILES string of the molecule is CC1CCC(C(C)C)C(OCC(=O)NCc2ccc(CNc3cc([N+](=O)[O-])ccc3O)cc2)C1. The summed E-state index contributed by atoms with van der Waals surface area (Å²) in [6.07, 6.45) is 3.55. The second kappa shape index (κ2) is 11.8. The number of rotatable bonds is 10. The minimum Gasteiger partial charge on any atom is -0.506 e. The topological polar surface area (TPSA) is 114 Å². The highest BCUT2D eigenvalue weighted by Crippen LogP contribution is 2.35. The van der Waals surface area contributed by atoms with E-state index < -0.39 is 4.92 Å². The van der Waals surface area contributed by atoms with Crippen LogP contribution in [-0.4, -0.2) is 28.6 Å². The largest absolute Gasteiger partial charge is 0.506 e. The van der Waals surface area contributed by atoms with Crippen molar-refractivity contribution in [1.29, 1.82) is 0 Å². The summed E-state index contributed by atoms with van der Waals surface area (Å²) in [5.74, 6) is 1.53. The average molecular weight is 470 g/mol. The van der Waals surface area contributed by atoms with Gasteiger partial charge in [-0.15, -0.1) is 0 Å². The lowest BCUT2D eigenvalue weighted by atomic mass is 9.75. The predicted molar refractivity (Wildman–Crippen MR) is 131 cm³/mol. The number of non-ortho nitro benzene ring substituents is 1. The Hall–Kier alpha value is -3.13. The Balaban J connectivity index is 1.44. The first-order valence-electron chi connectivity index (χ1n) is 11.9. The number of nitro benzene ring substituents is 1. The lowest BCUT2D eigenvalue weighted by molar-refractivity contribution is -0.384. The number of carbonyl (C=O) groups excluding carboxylic acids is 1. The summed E-state index contributed by atoms with van der Waals surface area (Å²) in [5, 5.41) is 26.8. The summed E-state index contributed by atoms with van der Waals surface area (Å²) in [4.78, 5) is 22.7. The first-order valence-corrected chi connectivity index (χ1v) is 11.9. The Labute approximate surface area is 200 Å². The third-order valence-electron chi connectivity index (χ3n) is 6.58. The molecule has 3 N–H and O–H groups in total. The van der Waals surface area contributed by atoms with Crippen molar-refractivity contribution in [3.8, 4) is 5.75 Å². The number of benzene rings is 2. The van der Waals surface area contributed by atoms with Crippen molar-refractivity contribution in [3.05, 3.63) is 63.7 Å². The zero-order valence-electron chi connectivity index (χ0n) is 20.1. The van der Waals surface area contributed by atoms with Crippen molar-refractivity contribution in [2.75, 3.05) is 11.9 Å². The normalized spacial score (nSPS) is 20.2. The maximum absolute atomic E-state index is 12.3. The van der Waals surface area contributed by atoms with Gasteiger partial charge in [0.15, 0.2) is 0 Å². The van der Waals surface area contributed by atoms with Crippen LogP contribution in [0.3, 0.4) is 0 Å². The molecular weight excluding hydrogens is 434 g/mol. The fraction of sp³-hybridized carbons (Fsp3) is 0.500. The molecule has 1 amide bonds. The van der Waals surface area contributed by atoms with Gasteiger partial charge < -0.3 is 20.5 Å². The molecule has 184 valence electrons. The van der Waals surface area contributed by atoms with Crippen molar-refractivity contribution >= 4 is 17.3 Å². The number of hydrogen-bond donors (Lipinski definition) is 3. The van der Waals surface area contributed by atoms with E-state index in [2.05, 4.69) is 31.4 Å². The molecular formula is C26H35N3O5. The fourth-order valence-corrected chi connectivity index (χ4v) is 4.49. The van der Waals surface area contributed by atoms with Crippen LogP contribution in [0.4, 0.5) is 11.4 Å². The summed E-state index contributed by atoms with van der Waals surface area (Å²) >= 11 is 0. The van der Waals surface area contributed by atoms with Gasteiger partial charge in [-0.25, -0.2) is 0 Å². The quantitative estimate of drug-likeness (QED) is 0.256. The number of nitrogens with zero attached hydrogens (tertiary/aromatic N) is 1. The Kier molecular flexibility index (Phi) is 8.87. The molecule has 1 saturated carbocycles. The fourth-order valence-electron chi connectivity index (χ4n) is 4.49. The molecule has 1 aliphatic rings. The Morgan fingerprint density at radius 2 is 1.82 bits per heavy atom. The molecule has 0 aromatic heterocycles. The molecule has 2 aromatic rings. The summed E-state index contributed by atoms with van der Waals surface area (Å²) in [5.41, 5.74) is 2.11. The molecule has 1 aliphatic carbocycles. The number of aromatic hydroxyl groups is 1. The van der Waals surface area contributed by atoms with Crippen molar-refractivity contribution < 1.29 is 19.6 Å². The van der Waals surface area contributed by atoms with Crippen LogP contribution in [0.2, 0.25) is 0 Å². The van der Waals surface area contributed by atoms with E-state index >= 15 is 0 Å². The second-order valence-electron chi connectivity index (χ2n) is 9.58. The second-order valence-corrected chi connectivity index (χ2v) is 9.58. The molecule has 8 heteroatoms. The molecule has 8 nitrogen and oxygen atoms in total. The molecule has 2 aromatic carbocycles. The zero-order chi connectivity index (χ0) is 24.7. The van der Waals surface area contributed by atoms with Crippen molar-refractivity contribution in [2.45, 2.75) is 59.2 Å². The molecule has 3 rings (SSSR count). The summed E-state index contributed by atoms with van der Waals surface area (Å²) in [7, 11) is 0. The monoisotopic (exact) mass is 469 g/mol. The van der Waals surface area contributed by atoms with Gasteiger partial charge in [0.05, 0.1) is 16.7 Å². The number of phenolic OH excluding ortho intramolecular Hbond substituents is 1. The average Bonchev–Trinajstić information content (AvgIpc) is 2.81. The molecule has 3 atom stereocenters. The maximum atomic E-state index is 12.3. The summed E-state index contributed by atoms with van der Waals surface area (Å²) in [6.45, 7) is 7.58. The molecule has 0 bridgehead atoms. The van der Waals surface area contributed by atoms with Crippen LogP contribution >= 0.6 is 0 Å². The van der Waals surface area contributed by atoms with Crippen LogP contribution < -0.4 is 10.6 Å². The van der Waals surface area contributed by atoms with Crippen LogP contribution in [0.1, 0.15) is 51.2 Å². The van der Waals surface area contributed by atoms with Crippen LogP contribution in [0.25, 0.3) is 0 Å². The van der Waals surface area contributed by atoms with Crippen molar-refractivity contribution in [2.24, 2.45) is 17.8 Å². The van der Waals surface area contributed by atoms with Crippen LogP contribution in [0.15, 0.2) is 42.5 Å². The van der Waals surface area contributed by atoms with Crippen molar-refractivity contribution in [1.82, 2.24) is 5.32 Å². The summed E-state index contributed by atoms with van der Waals surface area (Å²) in [6, 6.07) is 11.5. The Morgan fingerprint density at radius 1 is 1.15 bits per heavy atom. The molecule has 3 unspecified atom stereocenters. The highest BCUT2D eigenvalue weighted by atomic mass is 16.6.